The predicted molar refractivity (Wildman–Crippen MR) is 117 cm³/mol. The molecule has 0 bridgehead atoms. The SMILES string of the molecule is Cc1cc(C)nc(Sc2ccc(NC(=O)c3cccc(N4CCNC4=O)c3)cc2)n1. The van der Waals surface area contributed by atoms with Crippen LogP contribution in [-0.2, 0) is 0 Å². The predicted octanol–water partition coefficient (Wildman–Crippen LogP) is 4.03. The Labute approximate surface area is 178 Å². The van der Waals surface area contributed by atoms with E-state index in [4.69, 9.17) is 0 Å². The van der Waals surface area contributed by atoms with Gasteiger partial charge in [-0.05, 0) is 74.1 Å². The molecule has 7 nitrogen and oxygen atoms in total. The fraction of sp³-hybridized carbons (Fsp3) is 0.182. The number of carbonyl (C=O) groups excluding carboxylic acids is 2. The summed E-state index contributed by atoms with van der Waals surface area (Å²) < 4.78 is 0. The Morgan fingerprint density at radius 1 is 1.07 bits per heavy atom. The number of urea groups is 1. The largest absolute Gasteiger partial charge is 0.336 e. The molecule has 1 fully saturated rings. The monoisotopic (exact) mass is 419 g/mol. The van der Waals surface area contributed by atoms with Gasteiger partial charge >= 0.3 is 6.03 Å². The average Bonchev–Trinajstić information content (AvgIpc) is 3.15. The standard InChI is InChI=1S/C22H21N5O2S/c1-14-12-15(2)25-21(24-14)30-19-8-6-17(7-9-19)26-20(28)16-4-3-5-18(13-16)27-11-10-23-22(27)29/h3-9,12-13H,10-11H2,1-2H3,(H,23,29)(H,26,28). The molecule has 2 aromatic carbocycles. The fourth-order valence-electron chi connectivity index (χ4n) is 3.19. The van der Waals surface area contributed by atoms with Crippen LogP contribution < -0.4 is 15.5 Å². The van der Waals surface area contributed by atoms with E-state index in [0.29, 0.717) is 35.2 Å². The summed E-state index contributed by atoms with van der Waals surface area (Å²) in [5.74, 6) is -0.227. The Kier molecular flexibility index (Phi) is 5.67. The van der Waals surface area contributed by atoms with Crippen LogP contribution >= 0.6 is 11.8 Å². The molecule has 3 amide bonds. The van der Waals surface area contributed by atoms with Crippen molar-refractivity contribution in [2.24, 2.45) is 0 Å². The molecule has 152 valence electrons. The highest BCUT2D eigenvalue weighted by Crippen LogP contribution is 2.26. The highest BCUT2D eigenvalue weighted by Gasteiger charge is 2.21. The van der Waals surface area contributed by atoms with Gasteiger partial charge in [0.25, 0.3) is 5.91 Å². The van der Waals surface area contributed by atoms with Crippen molar-refractivity contribution in [3.05, 3.63) is 71.5 Å². The number of nitrogens with one attached hydrogen (secondary N) is 2. The zero-order valence-corrected chi connectivity index (χ0v) is 17.5. The highest BCUT2D eigenvalue weighted by atomic mass is 32.2. The molecule has 3 aromatic rings. The number of amides is 3. The zero-order chi connectivity index (χ0) is 21.1. The first-order valence-corrected chi connectivity index (χ1v) is 10.4. The van der Waals surface area contributed by atoms with E-state index in [1.165, 1.54) is 11.8 Å². The Morgan fingerprint density at radius 3 is 2.47 bits per heavy atom. The van der Waals surface area contributed by atoms with Crippen molar-refractivity contribution in [1.82, 2.24) is 15.3 Å². The Balaban J connectivity index is 1.43. The van der Waals surface area contributed by atoms with Crippen LogP contribution in [-0.4, -0.2) is 35.0 Å². The van der Waals surface area contributed by atoms with E-state index in [1.54, 1.807) is 23.1 Å². The van der Waals surface area contributed by atoms with Crippen LogP contribution in [0.2, 0.25) is 0 Å². The lowest BCUT2D eigenvalue weighted by Crippen LogP contribution is -2.27. The summed E-state index contributed by atoms with van der Waals surface area (Å²) in [6.07, 6.45) is 0. The summed E-state index contributed by atoms with van der Waals surface area (Å²) in [6, 6.07) is 16.4. The van der Waals surface area contributed by atoms with Crippen molar-refractivity contribution in [3.63, 3.8) is 0 Å². The van der Waals surface area contributed by atoms with Gasteiger partial charge in [0.1, 0.15) is 0 Å². The van der Waals surface area contributed by atoms with E-state index in [0.717, 1.165) is 16.3 Å². The van der Waals surface area contributed by atoms with Crippen molar-refractivity contribution in [1.29, 1.82) is 0 Å². The molecule has 1 aromatic heterocycles. The molecule has 0 unspecified atom stereocenters. The van der Waals surface area contributed by atoms with E-state index < -0.39 is 0 Å². The second-order valence-corrected chi connectivity index (χ2v) is 7.99. The van der Waals surface area contributed by atoms with Gasteiger partial charge in [-0.15, -0.1) is 0 Å². The minimum Gasteiger partial charge on any atom is -0.336 e. The first kappa shape index (κ1) is 19.9. The van der Waals surface area contributed by atoms with Gasteiger partial charge in [0.15, 0.2) is 5.16 Å². The highest BCUT2D eigenvalue weighted by molar-refractivity contribution is 7.99. The molecule has 1 aliphatic heterocycles. The summed E-state index contributed by atoms with van der Waals surface area (Å²) in [7, 11) is 0. The maximum Gasteiger partial charge on any atom is 0.321 e. The van der Waals surface area contributed by atoms with Gasteiger partial charge in [-0.3, -0.25) is 9.69 Å². The molecule has 0 aliphatic carbocycles. The molecule has 0 radical (unpaired) electrons. The van der Waals surface area contributed by atoms with Crippen LogP contribution in [0.4, 0.5) is 16.2 Å². The van der Waals surface area contributed by atoms with E-state index in [1.807, 2.05) is 50.2 Å². The average molecular weight is 420 g/mol. The Hall–Kier alpha value is -3.39. The molecule has 1 saturated heterocycles. The van der Waals surface area contributed by atoms with Crippen LogP contribution in [0.25, 0.3) is 0 Å². The normalized spacial score (nSPS) is 13.3. The van der Waals surface area contributed by atoms with Gasteiger partial charge in [-0.25, -0.2) is 14.8 Å². The quantitative estimate of drug-likeness (QED) is 0.610. The first-order valence-electron chi connectivity index (χ1n) is 9.55. The maximum absolute atomic E-state index is 12.7. The molecule has 0 saturated carbocycles. The molecule has 4 rings (SSSR count). The van der Waals surface area contributed by atoms with Gasteiger partial charge in [0, 0.05) is 46.3 Å². The summed E-state index contributed by atoms with van der Waals surface area (Å²) >= 11 is 1.48. The number of rotatable bonds is 5. The number of anilines is 2. The number of nitrogens with zero attached hydrogens (tertiary/aromatic N) is 3. The zero-order valence-electron chi connectivity index (χ0n) is 16.7. The van der Waals surface area contributed by atoms with Crippen LogP contribution in [0.5, 0.6) is 0 Å². The minimum absolute atomic E-state index is 0.145. The lowest BCUT2D eigenvalue weighted by molar-refractivity contribution is 0.102. The maximum atomic E-state index is 12.7. The summed E-state index contributed by atoms with van der Waals surface area (Å²) in [5, 5.41) is 6.36. The fourth-order valence-corrected chi connectivity index (χ4v) is 4.05. The van der Waals surface area contributed by atoms with Crippen LogP contribution in [0.3, 0.4) is 0 Å². The molecular formula is C22H21N5O2S. The third kappa shape index (κ3) is 4.60. The lowest BCUT2D eigenvalue weighted by atomic mass is 10.1. The molecule has 0 spiro atoms. The number of hydrogen-bond donors (Lipinski definition) is 2. The summed E-state index contributed by atoms with van der Waals surface area (Å²) in [6.45, 7) is 5.09. The van der Waals surface area contributed by atoms with Crippen molar-refractivity contribution in [2.45, 2.75) is 23.9 Å². The Morgan fingerprint density at radius 2 is 1.80 bits per heavy atom. The molecule has 2 heterocycles. The van der Waals surface area contributed by atoms with E-state index in [-0.39, 0.29) is 11.9 Å². The number of hydrogen-bond acceptors (Lipinski definition) is 5. The van der Waals surface area contributed by atoms with Crippen molar-refractivity contribution in [3.8, 4) is 0 Å². The topological polar surface area (TPSA) is 87.2 Å². The van der Waals surface area contributed by atoms with Crippen LogP contribution in [0.1, 0.15) is 21.7 Å². The third-order valence-electron chi connectivity index (χ3n) is 4.56. The second kappa shape index (κ2) is 8.54. The molecule has 2 N–H and O–H groups in total. The number of carbonyl (C=O) groups is 2. The number of benzene rings is 2. The van der Waals surface area contributed by atoms with Gasteiger partial charge in [-0.2, -0.15) is 0 Å². The smallest absolute Gasteiger partial charge is 0.321 e. The minimum atomic E-state index is -0.227. The van der Waals surface area contributed by atoms with Gasteiger partial charge in [0.05, 0.1) is 0 Å². The first-order chi connectivity index (χ1) is 14.5. The van der Waals surface area contributed by atoms with E-state index in [9.17, 15) is 9.59 Å². The van der Waals surface area contributed by atoms with Gasteiger partial charge in [-0.1, -0.05) is 6.07 Å². The molecule has 1 aliphatic rings. The van der Waals surface area contributed by atoms with Crippen LogP contribution in [0.15, 0.2) is 64.6 Å². The van der Waals surface area contributed by atoms with E-state index in [2.05, 4.69) is 20.6 Å². The third-order valence-corrected chi connectivity index (χ3v) is 5.43. The summed E-state index contributed by atoms with van der Waals surface area (Å²) in [5.41, 5.74) is 3.76. The van der Waals surface area contributed by atoms with Crippen molar-refractivity contribution in [2.75, 3.05) is 23.3 Å². The molecular weight excluding hydrogens is 398 g/mol. The Bertz CT molecular complexity index is 1080. The van der Waals surface area contributed by atoms with E-state index >= 15 is 0 Å². The molecule has 0 atom stereocenters. The molecule has 30 heavy (non-hydrogen) atoms. The number of aryl methyl sites for hydroxylation is 2. The van der Waals surface area contributed by atoms with Crippen molar-refractivity contribution < 1.29 is 9.59 Å². The molecule has 8 heteroatoms. The van der Waals surface area contributed by atoms with Gasteiger partial charge < -0.3 is 10.6 Å². The lowest BCUT2D eigenvalue weighted by Gasteiger charge is -2.15. The van der Waals surface area contributed by atoms with Crippen LogP contribution in [0, 0.1) is 13.8 Å². The van der Waals surface area contributed by atoms with Crippen molar-refractivity contribution >= 4 is 35.1 Å². The van der Waals surface area contributed by atoms with Gasteiger partial charge in [0.2, 0.25) is 0 Å². The number of aromatic nitrogens is 2. The second-order valence-electron chi connectivity index (χ2n) is 6.95. The summed E-state index contributed by atoms with van der Waals surface area (Å²) in [4.78, 5) is 36.0.